The highest BCUT2D eigenvalue weighted by atomic mass is 35.5. The van der Waals surface area contributed by atoms with Gasteiger partial charge in [0.15, 0.2) is 0 Å². The van der Waals surface area contributed by atoms with Crippen LogP contribution in [-0.2, 0) is 0 Å². The molecule has 1 saturated heterocycles. The molecule has 0 saturated carbocycles. The van der Waals surface area contributed by atoms with Gasteiger partial charge in [0.05, 0.1) is 10.4 Å². The summed E-state index contributed by atoms with van der Waals surface area (Å²) < 4.78 is 0.846. The highest BCUT2D eigenvalue weighted by molar-refractivity contribution is 7.16. The first kappa shape index (κ1) is 16.2. The van der Waals surface area contributed by atoms with Crippen LogP contribution in [0.5, 0.6) is 0 Å². The van der Waals surface area contributed by atoms with Crippen LogP contribution in [0.4, 0.5) is 0 Å². The van der Waals surface area contributed by atoms with Crippen molar-refractivity contribution < 1.29 is 0 Å². The molecule has 2 atom stereocenters. The van der Waals surface area contributed by atoms with Gasteiger partial charge >= 0.3 is 0 Å². The van der Waals surface area contributed by atoms with Crippen LogP contribution in [0.25, 0.3) is 0 Å². The van der Waals surface area contributed by atoms with Gasteiger partial charge in [-0.15, -0.1) is 11.3 Å². The Hall–Kier alpha value is -0.130. The number of nitrogens with zero attached hydrogens (tertiary/aromatic N) is 2. The molecule has 1 aliphatic rings. The Bertz CT molecular complexity index is 431. The van der Waals surface area contributed by atoms with Crippen LogP contribution in [0.15, 0.2) is 12.1 Å². The van der Waals surface area contributed by atoms with Crippen LogP contribution in [0, 0.1) is 0 Å². The zero-order valence-electron chi connectivity index (χ0n) is 12.9. The standard InChI is InChI=1S/C15H26ClN3S/c1-11(17)14(12-5-6-13(16)20-12)18-7-9-19(10-8-18)15(2,3)4/h5-6,11,14H,7-10,17H2,1-4H3. The molecule has 3 nitrogen and oxygen atoms in total. The molecule has 0 radical (unpaired) electrons. The van der Waals surface area contributed by atoms with Crippen LogP contribution in [0.1, 0.15) is 38.6 Å². The van der Waals surface area contributed by atoms with Crippen LogP contribution < -0.4 is 5.73 Å². The van der Waals surface area contributed by atoms with E-state index in [1.165, 1.54) is 4.88 Å². The molecule has 20 heavy (non-hydrogen) atoms. The molecular weight excluding hydrogens is 290 g/mol. The van der Waals surface area contributed by atoms with Crippen molar-refractivity contribution in [3.63, 3.8) is 0 Å². The monoisotopic (exact) mass is 315 g/mol. The van der Waals surface area contributed by atoms with E-state index < -0.39 is 0 Å². The Morgan fingerprint density at radius 3 is 2.20 bits per heavy atom. The van der Waals surface area contributed by atoms with Crippen LogP contribution in [-0.4, -0.2) is 47.6 Å². The summed E-state index contributed by atoms with van der Waals surface area (Å²) in [6.45, 7) is 13.3. The van der Waals surface area contributed by atoms with Crippen molar-refractivity contribution in [1.82, 2.24) is 9.80 Å². The second-order valence-electron chi connectivity index (χ2n) is 6.64. The molecule has 1 aromatic heterocycles. The second-order valence-corrected chi connectivity index (χ2v) is 8.39. The van der Waals surface area contributed by atoms with Gasteiger partial charge in [-0.05, 0) is 39.8 Å². The van der Waals surface area contributed by atoms with E-state index in [0.29, 0.717) is 0 Å². The lowest BCUT2D eigenvalue weighted by Gasteiger charge is -2.45. The second kappa shape index (κ2) is 6.32. The first-order valence-corrected chi connectivity index (χ1v) is 8.48. The fraction of sp³-hybridized carbons (Fsp3) is 0.733. The highest BCUT2D eigenvalue weighted by Gasteiger charge is 2.31. The van der Waals surface area contributed by atoms with E-state index in [4.69, 9.17) is 17.3 Å². The number of halogens is 1. The summed E-state index contributed by atoms with van der Waals surface area (Å²) in [5.74, 6) is 0. The minimum Gasteiger partial charge on any atom is -0.326 e. The van der Waals surface area contributed by atoms with Gasteiger partial charge in [-0.3, -0.25) is 9.80 Å². The third-order valence-electron chi connectivity index (χ3n) is 4.04. The molecule has 0 spiro atoms. The highest BCUT2D eigenvalue weighted by Crippen LogP contribution is 2.33. The molecule has 1 fully saturated rings. The van der Waals surface area contributed by atoms with Crippen LogP contribution in [0.2, 0.25) is 4.34 Å². The van der Waals surface area contributed by atoms with Gasteiger partial charge in [-0.25, -0.2) is 0 Å². The Kier molecular flexibility index (Phi) is 5.14. The molecule has 1 aromatic rings. The zero-order valence-corrected chi connectivity index (χ0v) is 14.5. The molecule has 0 bridgehead atoms. The minimum atomic E-state index is 0.117. The van der Waals surface area contributed by atoms with Gasteiger partial charge < -0.3 is 5.73 Å². The van der Waals surface area contributed by atoms with Gasteiger partial charge in [-0.2, -0.15) is 0 Å². The first-order chi connectivity index (χ1) is 9.29. The summed E-state index contributed by atoms with van der Waals surface area (Å²) in [7, 11) is 0. The van der Waals surface area contributed by atoms with E-state index in [-0.39, 0.29) is 17.6 Å². The van der Waals surface area contributed by atoms with Gasteiger partial charge in [-0.1, -0.05) is 11.6 Å². The molecule has 0 aromatic carbocycles. The molecule has 114 valence electrons. The fourth-order valence-corrected chi connectivity index (χ4v) is 4.24. The summed E-state index contributed by atoms with van der Waals surface area (Å²) in [6, 6.07) is 4.50. The van der Waals surface area contributed by atoms with E-state index >= 15 is 0 Å². The molecule has 1 aliphatic heterocycles. The van der Waals surface area contributed by atoms with E-state index in [1.807, 2.05) is 6.07 Å². The lowest BCUT2D eigenvalue weighted by atomic mass is 10.0. The Balaban J connectivity index is 2.06. The molecule has 2 unspecified atom stereocenters. The molecule has 2 rings (SSSR count). The average molecular weight is 316 g/mol. The van der Waals surface area contributed by atoms with E-state index in [9.17, 15) is 0 Å². The largest absolute Gasteiger partial charge is 0.326 e. The van der Waals surface area contributed by atoms with E-state index in [2.05, 4.69) is 43.6 Å². The van der Waals surface area contributed by atoms with Crippen molar-refractivity contribution in [3.8, 4) is 0 Å². The number of rotatable bonds is 3. The maximum atomic E-state index is 6.24. The fourth-order valence-electron chi connectivity index (χ4n) is 2.93. The van der Waals surface area contributed by atoms with Crippen LogP contribution >= 0.6 is 22.9 Å². The molecular formula is C15H26ClN3S. The average Bonchev–Trinajstić information content (AvgIpc) is 2.75. The first-order valence-electron chi connectivity index (χ1n) is 7.29. The number of hydrogen-bond donors (Lipinski definition) is 1. The molecule has 0 aliphatic carbocycles. The van der Waals surface area contributed by atoms with Crippen molar-refractivity contribution in [2.24, 2.45) is 5.73 Å². The SMILES string of the molecule is CC(N)C(c1ccc(Cl)s1)N1CCN(C(C)(C)C)CC1. The summed E-state index contributed by atoms with van der Waals surface area (Å²) in [5, 5.41) is 0. The number of piperazine rings is 1. The van der Waals surface area contributed by atoms with Crippen molar-refractivity contribution in [1.29, 1.82) is 0 Å². The van der Waals surface area contributed by atoms with E-state index in [0.717, 1.165) is 30.5 Å². The molecule has 2 heterocycles. The Morgan fingerprint density at radius 1 is 1.20 bits per heavy atom. The predicted molar refractivity (Wildman–Crippen MR) is 88.6 cm³/mol. The molecule has 2 N–H and O–H groups in total. The number of thiophene rings is 1. The van der Waals surface area contributed by atoms with Crippen LogP contribution in [0.3, 0.4) is 0 Å². The van der Waals surface area contributed by atoms with Gasteiger partial charge in [0.25, 0.3) is 0 Å². The molecule has 0 amide bonds. The normalized spacial score (nSPS) is 21.9. The Morgan fingerprint density at radius 2 is 1.80 bits per heavy atom. The summed E-state index contributed by atoms with van der Waals surface area (Å²) in [6.07, 6.45) is 0. The van der Waals surface area contributed by atoms with Gasteiger partial charge in [0, 0.05) is 42.6 Å². The summed E-state index contributed by atoms with van der Waals surface area (Å²) in [4.78, 5) is 6.34. The predicted octanol–water partition coefficient (Wildman–Crippen LogP) is 3.21. The molecule has 5 heteroatoms. The third-order valence-corrected chi connectivity index (χ3v) is 5.34. The third kappa shape index (κ3) is 3.74. The lowest BCUT2D eigenvalue weighted by molar-refractivity contribution is 0.0377. The van der Waals surface area contributed by atoms with Gasteiger partial charge in [0.2, 0.25) is 0 Å². The maximum Gasteiger partial charge on any atom is 0.0931 e. The lowest BCUT2D eigenvalue weighted by Crippen LogP contribution is -2.55. The summed E-state index contributed by atoms with van der Waals surface area (Å²) >= 11 is 7.74. The van der Waals surface area contributed by atoms with Crippen molar-refractivity contribution >= 4 is 22.9 Å². The van der Waals surface area contributed by atoms with Crippen molar-refractivity contribution in [3.05, 3.63) is 21.3 Å². The van der Waals surface area contributed by atoms with E-state index in [1.54, 1.807) is 11.3 Å². The zero-order chi connectivity index (χ0) is 14.9. The topological polar surface area (TPSA) is 32.5 Å². The van der Waals surface area contributed by atoms with Crippen molar-refractivity contribution in [2.75, 3.05) is 26.2 Å². The minimum absolute atomic E-state index is 0.117. The quantitative estimate of drug-likeness (QED) is 0.929. The number of hydrogen-bond acceptors (Lipinski definition) is 4. The van der Waals surface area contributed by atoms with Gasteiger partial charge in [0.1, 0.15) is 0 Å². The number of nitrogens with two attached hydrogens (primary N) is 1. The Labute approximate surface area is 131 Å². The van der Waals surface area contributed by atoms with Crippen molar-refractivity contribution in [2.45, 2.75) is 45.3 Å². The maximum absolute atomic E-state index is 6.24. The summed E-state index contributed by atoms with van der Waals surface area (Å²) in [5.41, 5.74) is 6.49. The smallest absolute Gasteiger partial charge is 0.0931 e.